The highest BCUT2D eigenvalue weighted by atomic mass is 16.6. The van der Waals surface area contributed by atoms with Gasteiger partial charge in [-0.25, -0.2) is 14.5 Å². The second-order valence-electron chi connectivity index (χ2n) is 4.44. The molecule has 2 amide bonds. The number of carbonyl (C=O) groups excluding carboxylic acids is 3. The van der Waals surface area contributed by atoms with Gasteiger partial charge in [0, 0.05) is 13.1 Å². The number of hydrogen-bond donors (Lipinski definition) is 1. The fraction of sp³-hybridized carbons (Fsp3) is 0.357. The van der Waals surface area contributed by atoms with Gasteiger partial charge in [0.15, 0.2) is 6.04 Å². The zero-order chi connectivity index (χ0) is 15.2. The van der Waals surface area contributed by atoms with Crippen LogP contribution in [0.3, 0.4) is 0 Å². The molecule has 1 N–H and O–H groups in total. The molecule has 1 heterocycles. The predicted octanol–water partition coefficient (Wildman–Crippen LogP) is 0.297. The molecule has 0 aromatic heterocycles. The number of ether oxygens (including phenoxy) is 2. The second kappa shape index (κ2) is 6.85. The zero-order valence-electron chi connectivity index (χ0n) is 11.6. The number of nitrogens with one attached hydrogen (secondary N) is 1. The quantitative estimate of drug-likeness (QED) is 0.637. The van der Waals surface area contributed by atoms with Gasteiger partial charge in [-0.2, -0.15) is 0 Å². The molecule has 1 aromatic rings. The van der Waals surface area contributed by atoms with Crippen molar-refractivity contribution in [2.75, 3.05) is 20.2 Å². The van der Waals surface area contributed by atoms with Crippen molar-refractivity contribution in [3.05, 3.63) is 35.9 Å². The van der Waals surface area contributed by atoms with Crippen molar-refractivity contribution >= 4 is 18.0 Å². The lowest BCUT2D eigenvalue weighted by molar-refractivity contribution is -0.151. The van der Waals surface area contributed by atoms with E-state index in [9.17, 15) is 14.4 Å². The number of piperazine rings is 1. The Morgan fingerprint density at radius 3 is 2.71 bits per heavy atom. The number of benzene rings is 1. The standard InChI is InChI=1S/C14H16N2O5/c1-20-13(18)11-12(17)16(8-7-15-11)14(19)21-9-10-5-3-2-4-6-10/h2-6,11,15H,7-9H2,1H3. The molecular formula is C14H16N2O5. The number of esters is 1. The number of imide groups is 1. The van der Waals surface area contributed by atoms with E-state index in [1.54, 1.807) is 0 Å². The third-order valence-corrected chi connectivity index (χ3v) is 3.06. The van der Waals surface area contributed by atoms with Crippen molar-refractivity contribution in [2.24, 2.45) is 0 Å². The number of amides is 2. The molecule has 1 fully saturated rings. The normalized spacial score (nSPS) is 18.2. The second-order valence-corrected chi connectivity index (χ2v) is 4.44. The molecule has 7 nitrogen and oxygen atoms in total. The van der Waals surface area contributed by atoms with E-state index in [2.05, 4.69) is 10.1 Å². The number of nitrogens with zero attached hydrogens (tertiary/aromatic N) is 1. The largest absolute Gasteiger partial charge is 0.467 e. The summed E-state index contributed by atoms with van der Waals surface area (Å²) in [6.07, 6.45) is -0.765. The molecule has 1 aromatic carbocycles. The Morgan fingerprint density at radius 2 is 2.05 bits per heavy atom. The predicted molar refractivity (Wildman–Crippen MR) is 72.1 cm³/mol. The minimum absolute atomic E-state index is 0.0692. The van der Waals surface area contributed by atoms with Crippen LogP contribution in [0.25, 0.3) is 0 Å². The van der Waals surface area contributed by atoms with E-state index in [-0.39, 0.29) is 13.2 Å². The summed E-state index contributed by atoms with van der Waals surface area (Å²) < 4.78 is 9.60. The summed E-state index contributed by atoms with van der Waals surface area (Å²) in [7, 11) is 1.18. The summed E-state index contributed by atoms with van der Waals surface area (Å²) in [4.78, 5) is 36.3. The highest BCUT2D eigenvalue weighted by Gasteiger charge is 2.38. The average Bonchev–Trinajstić information content (AvgIpc) is 2.53. The van der Waals surface area contributed by atoms with Crippen molar-refractivity contribution in [1.29, 1.82) is 0 Å². The molecule has 1 aliphatic heterocycles. The highest BCUT2D eigenvalue weighted by Crippen LogP contribution is 2.08. The molecule has 1 atom stereocenters. The van der Waals surface area contributed by atoms with Crippen LogP contribution < -0.4 is 5.32 Å². The van der Waals surface area contributed by atoms with Gasteiger partial charge in [0.1, 0.15) is 6.61 Å². The fourth-order valence-electron chi connectivity index (χ4n) is 1.95. The Hall–Kier alpha value is -2.41. The lowest BCUT2D eigenvalue weighted by atomic mass is 10.2. The smallest absolute Gasteiger partial charge is 0.416 e. The van der Waals surface area contributed by atoms with Crippen LogP contribution >= 0.6 is 0 Å². The van der Waals surface area contributed by atoms with Gasteiger partial charge < -0.3 is 9.47 Å². The van der Waals surface area contributed by atoms with Crippen molar-refractivity contribution in [3.8, 4) is 0 Å². The molecular weight excluding hydrogens is 276 g/mol. The van der Waals surface area contributed by atoms with Crippen LogP contribution in [0.2, 0.25) is 0 Å². The highest BCUT2D eigenvalue weighted by molar-refractivity contribution is 6.07. The monoisotopic (exact) mass is 292 g/mol. The molecule has 0 aliphatic carbocycles. The Labute approximate surface area is 121 Å². The Kier molecular flexibility index (Phi) is 4.89. The van der Waals surface area contributed by atoms with Crippen LogP contribution in [-0.4, -0.2) is 49.1 Å². The van der Waals surface area contributed by atoms with Gasteiger partial charge in [-0.05, 0) is 5.56 Å². The van der Waals surface area contributed by atoms with Crippen LogP contribution in [0.5, 0.6) is 0 Å². The maximum atomic E-state index is 12.0. The van der Waals surface area contributed by atoms with Crippen molar-refractivity contribution in [2.45, 2.75) is 12.6 Å². The van der Waals surface area contributed by atoms with Gasteiger partial charge in [0.2, 0.25) is 0 Å². The van der Waals surface area contributed by atoms with E-state index in [1.807, 2.05) is 30.3 Å². The van der Waals surface area contributed by atoms with Crippen molar-refractivity contribution in [3.63, 3.8) is 0 Å². The number of methoxy groups -OCH3 is 1. The summed E-state index contributed by atoms with van der Waals surface area (Å²) >= 11 is 0. The third-order valence-electron chi connectivity index (χ3n) is 3.06. The van der Waals surface area contributed by atoms with E-state index in [4.69, 9.17) is 4.74 Å². The van der Waals surface area contributed by atoms with Crippen molar-refractivity contribution < 1.29 is 23.9 Å². The average molecular weight is 292 g/mol. The van der Waals surface area contributed by atoms with Gasteiger partial charge in [-0.3, -0.25) is 10.1 Å². The molecule has 1 aliphatic rings. The molecule has 0 radical (unpaired) electrons. The summed E-state index contributed by atoms with van der Waals surface area (Å²) in [6, 6.07) is 7.96. The van der Waals surface area contributed by atoms with Crippen LogP contribution in [0.4, 0.5) is 4.79 Å². The summed E-state index contributed by atoms with van der Waals surface area (Å²) in [5.41, 5.74) is 0.818. The van der Waals surface area contributed by atoms with Gasteiger partial charge in [-0.15, -0.1) is 0 Å². The van der Waals surface area contributed by atoms with E-state index >= 15 is 0 Å². The minimum Gasteiger partial charge on any atom is -0.467 e. The van der Waals surface area contributed by atoms with Gasteiger partial charge in [0.25, 0.3) is 5.91 Å². The van der Waals surface area contributed by atoms with Gasteiger partial charge in [-0.1, -0.05) is 30.3 Å². The van der Waals surface area contributed by atoms with Crippen LogP contribution in [-0.2, 0) is 25.7 Å². The Bertz CT molecular complexity index is 531. The molecule has 0 spiro atoms. The van der Waals surface area contributed by atoms with E-state index in [0.29, 0.717) is 6.54 Å². The minimum atomic E-state index is -1.16. The van der Waals surface area contributed by atoms with E-state index in [1.165, 1.54) is 7.11 Å². The Morgan fingerprint density at radius 1 is 1.33 bits per heavy atom. The first-order valence-corrected chi connectivity index (χ1v) is 6.46. The van der Waals surface area contributed by atoms with Crippen LogP contribution in [0.1, 0.15) is 5.56 Å². The molecule has 21 heavy (non-hydrogen) atoms. The third kappa shape index (κ3) is 3.57. The molecule has 0 saturated carbocycles. The van der Waals surface area contributed by atoms with E-state index < -0.39 is 24.0 Å². The van der Waals surface area contributed by atoms with Gasteiger partial charge in [0.05, 0.1) is 7.11 Å². The first-order chi connectivity index (χ1) is 10.1. The summed E-state index contributed by atoms with van der Waals surface area (Å²) in [6.45, 7) is 0.533. The van der Waals surface area contributed by atoms with Crippen LogP contribution in [0, 0.1) is 0 Å². The maximum absolute atomic E-state index is 12.0. The molecule has 1 unspecified atom stereocenters. The first-order valence-electron chi connectivity index (χ1n) is 6.46. The molecule has 2 rings (SSSR count). The summed E-state index contributed by atoms with van der Waals surface area (Å²) in [5.74, 6) is -1.38. The Balaban J connectivity index is 1.95. The molecule has 7 heteroatoms. The van der Waals surface area contributed by atoms with E-state index in [0.717, 1.165) is 10.5 Å². The SMILES string of the molecule is COC(=O)C1NCCN(C(=O)OCc2ccccc2)C1=O. The topological polar surface area (TPSA) is 84.9 Å². The summed E-state index contributed by atoms with van der Waals surface area (Å²) in [5, 5.41) is 2.70. The zero-order valence-corrected chi connectivity index (χ0v) is 11.6. The van der Waals surface area contributed by atoms with Crippen molar-refractivity contribution in [1.82, 2.24) is 10.2 Å². The molecule has 0 bridgehead atoms. The first kappa shape index (κ1) is 15.0. The molecule has 112 valence electrons. The maximum Gasteiger partial charge on any atom is 0.416 e. The molecule has 1 saturated heterocycles. The number of hydrogen-bond acceptors (Lipinski definition) is 6. The van der Waals surface area contributed by atoms with Crippen LogP contribution in [0.15, 0.2) is 30.3 Å². The van der Waals surface area contributed by atoms with Gasteiger partial charge >= 0.3 is 12.1 Å². The lowest BCUT2D eigenvalue weighted by Gasteiger charge is -2.29. The number of carbonyl (C=O) groups is 3. The lowest BCUT2D eigenvalue weighted by Crippen LogP contribution is -2.60. The fourth-order valence-corrected chi connectivity index (χ4v) is 1.95. The number of rotatable bonds is 3.